The van der Waals surface area contributed by atoms with Gasteiger partial charge in [-0.25, -0.2) is 0 Å². The van der Waals surface area contributed by atoms with Gasteiger partial charge in [-0.1, -0.05) is 24.3 Å². The van der Waals surface area contributed by atoms with Crippen molar-refractivity contribution in [1.82, 2.24) is 0 Å². The van der Waals surface area contributed by atoms with E-state index in [1.165, 1.54) is 11.1 Å². The van der Waals surface area contributed by atoms with E-state index in [0.29, 0.717) is 6.61 Å². The highest BCUT2D eigenvalue weighted by Crippen LogP contribution is 2.26. The molecule has 0 amide bonds. The van der Waals surface area contributed by atoms with E-state index < -0.39 is 0 Å². The lowest BCUT2D eigenvalue weighted by Crippen LogP contribution is -2.31. The summed E-state index contributed by atoms with van der Waals surface area (Å²) < 4.78 is 5.49. The first-order valence-corrected chi connectivity index (χ1v) is 4.24. The van der Waals surface area contributed by atoms with Gasteiger partial charge in [-0.05, 0) is 18.1 Å². The fourth-order valence-corrected chi connectivity index (χ4v) is 1.57. The Morgan fingerprint density at radius 1 is 1.38 bits per heavy atom. The van der Waals surface area contributed by atoms with Crippen LogP contribution < -0.4 is 5.73 Å². The molecule has 2 atom stereocenters. The third kappa shape index (κ3) is 1.85. The maximum atomic E-state index is 5.96. The molecule has 1 aromatic rings. The average molecular weight is 200 g/mol. The molecule has 2 N–H and O–H groups in total. The zero-order chi connectivity index (χ0) is 8.55. The van der Waals surface area contributed by atoms with Crippen LogP contribution in [0.4, 0.5) is 0 Å². The summed E-state index contributed by atoms with van der Waals surface area (Å²) in [5, 5.41) is 0. The van der Waals surface area contributed by atoms with Crippen LogP contribution in [0.2, 0.25) is 0 Å². The number of nitrogens with two attached hydrogens (primary N) is 1. The van der Waals surface area contributed by atoms with Gasteiger partial charge >= 0.3 is 0 Å². The van der Waals surface area contributed by atoms with E-state index in [4.69, 9.17) is 10.5 Å². The molecule has 0 fully saturated rings. The second kappa shape index (κ2) is 4.09. The molecule has 3 heteroatoms. The smallest absolute Gasteiger partial charge is 0.0744 e. The largest absolute Gasteiger partial charge is 0.372 e. The van der Waals surface area contributed by atoms with Gasteiger partial charge in [0, 0.05) is 0 Å². The highest BCUT2D eigenvalue weighted by Gasteiger charge is 2.22. The number of halogens is 1. The Morgan fingerprint density at radius 2 is 2.08 bits per heavy atom. The summed E-state index contributed by atoms with van der Waals surface area (Å²) in [6.45, 7) is 2.71. The number of hydrogen-bond donors (Lipinski definition) is 1. The lowest BCUT2D eigenvalue weighted by molar-refractivity contribution is 0.0214. The van der Waals surface area contributed by atoms with Crippen LogP contribution >= 0.6 is 12.4 Å². The molecule has 0 aliphatic carbocycles. The first kappa shape index (κ1) is 10.5. The first-order valence-electron chi connectivity index (χ1n) is 4.24. The van der Waals surface area contributed by atoms with Crippen LogP contribution in [0.25, 0.3) is 0 Å². The molecule has 2 nitrogen and oxygen atoms in total. The second-order valence-electron chi connectivity index (χ2n) is 3.24. The van der Waals surface area contributed by atoms with Gasteiger partial charge in [0.25, 0.3) is 0 Å². The average Bonchev–Trinajstić information content (AvgIpc) is 2.12. The van der Waals surface area contributed by atoms with Crippen LogP contribution in [0.3, 0.4) is 0 Å². The van der Waals surface area contributed by atoms with Gasteiger partial charge in [0.1, 0.15) is 0 Å². The van der Waals surface area contributed by atoms with E-state index in [9.17, 15) is 0 Å². The molecular formula is C10H14ClNO. The quantitative estimate of drug-likeness (QED) is 0.694. The van der Waals surface area contributed by atoms with Gasteiger partial charge in [-0.2, -0.15) is 0 Å². The van der Waals surface area contributed by atoms with Crippen molar-refractivity contribution in [1.29, 1.82) is 0 Å². The molecule has 72 valence electrons. The van der Waals surface area contributed by atoms with E-state index in [2.05, 4.69) is 12.1 Å². The molecular weight excluding hydrogens is 186 g/mol. The van der Waals surface area contributed by atoms with E-state index in [1.807, 2.05) is 19.1 Å². The molecule has 1 aromatic carbocycles. The van der Waals surface area contributed by atoms with Crippen molar-refractivity contribution < 1.29 is 4.74 Å². The summed E-state index contributed by atoms with van der Waals surface area (Å²) >= 11 is 0. The van der Waals surface area contributed by atoms with Crippen molar-refractivity contribution in [2.24, 2.45) is 5.73 Å². The van der Waals surface area contributed by atoms with Gasteiger partial charge in [0.2, 0.25) is 0 Å². The highest BCUT2D eigenvalue weighted by atomic mass is 35.5. The van der Waals surface area contributed by atoms with Gasteiger partial charge in [0.15, 0.2) is 0 Å². The summed E-state index contributed by atoms with van der Waals surface area (Å²) in [5.74, 6) is 0. The predicted octanol–water partition coefficient (Wildman–Crippen LogP) is 2.03. The number of hydrogen-bond acceptors (Lipinski definition) is 2. The van der Waals surface area contributed by atoms with Crippen LogP contribution in [-0.4, -0.2) is 6.10 Å². The van der Waals surface area contributed by atoms with Crippen LogP contribution in [0, 0.1) is 0 Å². The summed E-state index contributed by atoms with van der Waals surface area (Å²) in [4.78, 5) is 0. The minimum absolute atomic E-state index is 0. The summed E-state index contributed by atoms with van der Waals surface area (Å²) in [7, 11) is 0. The number of fused-ring (bicyclic) bond motifs is 1. The van der Waals surface area contributed by atoms with Gasteiger partial charge < -0.3 is 10.5 Å². The van der Waals surface area contributed by atoms with Crippen LogP contribution in [-0.2, 0) is 11.3 Å². The topological polar surface area (TPSA) is 35.2 Å². The zero-order valence-electron chi connectivity index (χ0n) is 7.57. The third-order valence-corrected chi connectivity index (χ3v) is 2.42. The van der Waals surface area contributed by atoms with Crippen molar-refractivity contribution >= 4 is 12.4 Å². The molecule has 0 bridgehead atoms. The molecule has 1 aliphatic heterocycles. The van der Waals surface area contributed by atoms with Gasteiger partial charge in [0.05, 0.1) is 18.8 Å². The molecule has 0 radical (unpaired) electrons. The SMILES string of the molecule is C[C@H]1OCc2ccccc2[C@H]1N.Cl. The molecule has 2 rings (SSSR count). The molecule has 1 aliphatic rings. The third-order valence-electron chi connectivity index (χ3n) is 2.42. The lowest BCUT2D eigenvalue weighted by atomic mass is 9.95. The predicted molar refractivity (Wildman–Crippen MR) is 54.9 cm³/mol. The summed E-state index contributed by atoms with van der Waals surface area (Å²) in [5.41, 5.74) is 8.42. The number of ether oxygens (including phenoxy) is 1. The monoisotopic (exact) mass is 199 g/mol. The van der Waals surface area contributed by atoms with Crippen molar-refractivity contribution in [3.8, 4) is 0 Å². The molecule has 0 saturated carbocycles. The van der Waals surface area contributed by atoms with E-state index >= 15 is 0 Å². The molecule has 0 aromatic heterocycles. The molecule has 0 spiro atoms. The van der Waals surface area contributed by atoms with Crippen LogP contribution in [0.5, 0.6) is 0 Å². The van der Waals surface area contributed by atoms with Crippen molar-refractivity contribution in [2.75, 3.05) is 0 Å². The molecule has 0 unspecified atom stereocenters. The zero-order valence-corrected chi connectivity index (χ0v) is 8.38. The fourth-order valence-electron chi connectivity index (χ4n) is 1.57. The normalized spacial score (nSPS) is 26.0. The maximum Gasteiger partial charge on any atom is 0.0744 e. The second-order valence-corrected chi connectivity index (χ2v) is 3.24. The standard InChI is InChI=1S/C10H13NO.ClH/c1-7-10(11)9-5-3-2-4-8(9)6-12-7;/h2-5,7,10H,6,11H2,1H3;1H/t7-,10+;/m1./s1. The summed E-state index contributed by atoms with van der Waals surface area (Å²) in [6, 6.07) is 8.23. The first-order chi connectivity index (χ1) is 5.79. The molecule has 1 heterocycles. The Labute approximate surface area is 84.5 Å². The van der Waals surface area contributed by atoms with Crippen molar-refractivity contribution in [3.63, 3.8) is 0 Å². The maximum absolute atomic E-state index is 5.96. The van der Waals surface area contributed by atoms with Gasteiger partial charge in [-0.15, -0.1) is 12.4 Å². The fraction of sp³-hybridized carbons (Fsp3) is 0.400. The van der Waals surface area contributed by atoms with E-state index in [-0.39, 0.29) is 24.6 Å². The minimum Gasteiger partial charge on any atom is -0.372 e. The molecule has 0 saturated heterocycles. The number of benzene rings is 1. The van der Waals surface area contributed by atoms with E-state index in [0.717, 1.165) is 0 Å². The minimum atomic E-state index is 0. The lowest BCUT2D eigenvalue weighted by Gasteiger charge is -2.28. The Bertz CT molecular complexity index is 290. The van der Waals surface area contributed by atoms with Crippen molar-refractivity contribution in [2.45, 2.75) is 25.7 Å². The Kier molecular flexibility index (Phi) is 3.31. The Hall–Kier alpha value is -0.570. The van der Waals surface area contributed by atoms with Gasteiger partial charge in [-0.3, -0.25) is 0 Å². The Balaban J connectivity index is 0.000000845. The van der Waals surface area contributed by atoms with E-state index in [1.54, 1.807) is 0 Å². The Morgan fingerprint density at radius 3 is 2.85 bits per heavy atom. The van der Waals surface area contributed by atoms with Crippen molar-refractivity contribution in [3.05, 3.63) is 35.4 Å². The van der Waals surface area contributed by atoms with Crippen LogP contribution in [0.15, 0.2) is 24.3 Å². The number of rotatable bonds is 0. The van der Waals surface area contributed by atoms with Crippen LogP contribution in [0.1, 0.15) is 24.1 Å². The summed E-state index contributed by atoms with van der Waals surface area (Å²) in [6.07, 6.45) is 0.139. The molecule has 13 heavy (non-hydrogen) atoms. The highest BCUT2D eigenvalue weighted by molar-refractivity contribution is 5.85.